The predicted molar refractivity (Wildman–Crippen MR) is 103 cm³/mol. The van der Waals surface area contributed by atoms with Crippen molar-refractivity contribution >= 4 is 27.5 Å². The largest absolute Gasteiger partial charge is 0.271 e. The second kappa shape index (κ2) is 7.91. The number of nitrogens with one attached hydrogen (secondary N) is 3. The minimum absolute atomic E-state index is 0.0912. The van der Waals surface area contributed by atoms with Crippen LogP contribution in [0.3, 0.4) is 0 Å². The van der Waals surface area contributed by atoms with Gasteiger partial charge in [-0.25, -0.2) is 16.3 Å². The monoisotopic (exact) mass is 400 g/mol. The lowest BCUT2D eigenvalue weighted by Crippen LogP contribution is -2.43. The Bertz CT molecular complexity index is 761. The van der Waals surface area contributed by atoms with Crippen molar-refractivity contribution in [2.45, 2.75) is 25.9 Å². The average molecular weight is 401 g/mol. The minimum atomic E-state index is -0.341. The van der Waals surface area contributed by atoms with Crippen molar-refractivity contribution in [3.05, 3.63) is 70.2 Å². The van der Waals surface area contributed by atoms with Gasteiger partial charge in [-0.15, -0.1) is 0 Å². The maximum absolute atomic E-state index is 12.5. The molecule has 6 heteroatoms. The summed E-state index contributed by atoms with van der Waals surface area (Å²) >= 11 is 3.41. The number of rotatable bonds is 4. The summed E-state index contributed by atoms with van der Waals surface area (Å²) in [6.07, 6.45) is 0. The SMILES string of the molecule is C/C(=N\NC(=O)C1NNC(c2ccccc2)C1C)c1ccc(Br)cc1. The lowest BCUT2D eigenvalue weighted by molar-refractivity contribution is -0.123. The van der Waals surface area contributed by atoms with Gasteiger partial charge in [0.25, 0.3) is 5.91 Å². The molecule has 0 spiro atoms. The van der Waals surface area contributed by atoms with Crippen LogP contribution in [0.15, 0.2) is 64.2 Å². The van der Waals surface area contributed by atoms with E-state index in [0.717, 1.165) is 21.3 Å². The summed E-state index contributed by atoms with van der Waals surface area (Å²) in [5, 5.41) is 4.23. The number of hydrogen-bond acceptors (Lipinski definition) is 4. The number of hydrazine groups is 1. The summed E-state index contributed by atoms with van der Waals surface area (Å²) in [5.74, 6) is -0.0412. The van der Waals surface area contributed by atoms with Crippen LogP contribution < -0.4 is 16.3 Å². The van der Waals surface area contributed by atoms with Crippen molar-refractivity contribution in [3.63, 3.8) is 0 Å². The first kappa shape index (κ1) is 17.8. The summed E-state index contributed by atoms with van der Waals surface area (Å²) in [6, 6.07) is 17.7. The van der Waals surface area contributed by atoms with E-state index in [2.05, 4.69) is 56.4 Å². The zero-order chi connectivity index (χ0) is 17.8. The Morgan fingerprint density at radius 1 is 1.08 bits per heavy atom. The van der Waals surface area contributed by atoms with Gasteiger partial charge in [0.1, 0.15) is 6.04 Å². The maximum atomic E-state index is 12.5. The fraction of sp³-hybridized carbons (Fsp3) is 0.263. The van der Waals surface area contributed by atoms with Crippen molar-refractivity contribution in [1.82, 2.24) is 16.3 Å². The molecule has 0 saturated carbocycles. The van der Waals surface area contributed by atoms with Crippen molar-refractivity contribution in [3.8, 4) is 0 Å². The highest BCUT2D eigenvalue weighted by molar-refractivity contribution is 9.10. The number of amides is 1. The summed E-state index contributed by atoms with van der Waals surface area (Å²) in [4.78, 5) is 12.5. The Hall–Kier alpha value is -2.02. The van der Waals surface area contributed by atoms with Gasteiger partial charge in [-0.05, 0) is 30.2 Å². The molecule has 0 bridgehead atoms. The predicted octanol–water partition coefficient (Wildman–Crippen LogP) is 3.14. The second-order valence-corrected chi connectivity index (χ2v) is 7.11. The van der Waals surface area contributed by atoms with Gasteiger partial charge in [0.05, 0.1) is 11.8 Å². The molecule has 1 heterocycles. The number of carbonyl (C=O) groups is 1. The topological polar surface area (TPSA) is 65.5 Å². The molecule has 1 saturated heterocycles. The Labute approximate surface area is 156 Å². The van der Waals surface area contributed by atoms with Gasteiger partial charge in [-0.1, -0.05) is 65.3 Å². The van der Waals surface area contributed by atoms with Gasteiger partial charge in [-0.2, -0.15) is 5.10 Å². The van der Waals surface area contributed by atoms with Crippen LogP contribution in [0.1, 0.15) is 31.0 Å². The van der Waals surface area contributed by atoms with Crippen LogP contribution in [0.2, 0.25) is 0 Å². The van der Waals surface area contributed by atoms with Gasteiger partial charge < -0.3 is 0 Å². The lowest BCUT2D eigenvalue weighted by atomic mass is 9.91. The maximum Gasteiger partial charge on any atom is 0.258 e. The zero-order valence-corrected chi connectivity index (χ0v) is 15.7. The third-order valence-electron chi connectivity index (χ3n) is 4.48. The summed E-state index contributed by atoms with van der Waals surface area (Å²) in [6.45, 7) is 3.93. The molecule has 1 fully saturated rings. The molecule has 3 unspecified atom stereocenters. The first-order valence-electron chi connectivity index (χ1n) is 8.22. The van der Waals surface area contributed by atoms with Crippen molar-refractivity contribution in [1.29, 1.82) is 0 Å². The van der Waals surface area contributed by atoms with E-state index in [0.29, 0.717) is 0 Å². The van der Waals surface area contributed by atoms with Crippen LogP contribution in [0.5, 0.6) is 0 Å². The van der Waals surface area contributed by atoms with Crippen LogP contribution >= 0.6 is 15.9 Å². The fourth-order valence-corrected chi connectivity index (χ4v) is 3.21. The standard InChI is InChI=1S/C19H21BrN4O/c1-12-17(15-6-4-3-5-7-15)22-23-18(12)19(25)24-21-13(2)14-8-10-16(20)11-9-14/h3-12,17-18,22-23H,1-2H3,(H,24,25)/b21-13+. The molecule has 3 atom stereocenters. The van der Waals surface area contributed by atoms with Crippen molar-refractivity contribution in [2.24, 2.45) is 11.0 Å². The van der Waals surface area contributed by atoms with E-state index in [9.17, 15) is 4.79 Å². The van der Waals surface area contributed by atoms with Gasteiger partial charge >= 0.3 is 0 Å². The van der Waals surface area contributed by atoms with Gasteiger partial charge in [0.2, 0.25) is 0 Å². The van der Waals surface area contributed by atoms with Crippen molar-refractivity contribution in [2.75, 3.05) is 0 Å². The van der Waals surface area contributed by atoms with E-state index in [-0.39, 0.29) is 23.9 Å². The molecule has 0 aromatic heterocycles. The lowest BCUT2D eigenvalue weighted by Gasteiger charge is -2.17. The molecule has 130 valence electrons. The van der Waals surface area contributed by atoms with Crippen LogP contribution in [0.4, 0.5) is 0 Å². The highest BCUT2D eigenvalue weighted by Crippen LogP contribution is 2.28. The number of hydrazone groups is 1. The molecule has 1 aliphatic rings. The Morgan fingerprint density at radius 2 is 1.76 bits per heavy atom. The molecule has 5 nitrogen and oxygen atoms in total. The summed E-state index contributed by atoms with van der Waals surface area (Å²) in [5.41, 5.74) is 11.9. The number of halogens is 1. The third-order valence-corrected chi connectivity index (χ3v) is 5.01. The van der Waals surface area contributed by atoms with E-state index in [1.807, 2.05) is 49.4 Å². The molecule has 1 amide bonds. The first-order chi connectivity index (χ1) is 12.1. The molecular weight excluding hydrogens is 380 g/mol. The molecule has 2 aromatic rings. The van der Waals surface area contributed by atoms with Gasteiger partial charge in [-0.3, -0.25) is 4.79 Å². The average Bonchev–Trinajstić information content (AvgIpc) is 3.02. The molecule has 1 aliphatic heterocycles. The molecule has 2 aromatic carbocycles. The molecule has 3 rings (SSSR count). The highest BCUT2D eigenvalue weighted by Gasteiger charge is 2.37. The number of nitrogens with zero attached hydrogens (tertiary/aromatic N) is 1. The minimum Gasteiger partial charge on any atom is -0.271 e. The fourth-order valence-electron chi connectivity index (χ4n) is 2.95. The van der Waals surface area contributed by atoms with E-state index in [1.165, 1.54) is 0 Å². The molecule has 3 N–H and O–H groups in total. The third kappa shape index (κ3) is 4.15. The second-order valence-electron chi connectivity index (χ2n) is 6.19. The first-order valence-corrected chi connectivity index (χ1v) is 9.01. The van der Waals surface area contributed by atoms with Crippen LogP contribution in [-0.4, -0.2) is 17.7 Å². The number of hydrogen-bond donors (Lipinski definition) is 3. The van der Waals surface area contributed by atoms with E-state index < -0.39 is 0 Å². The van der Waals surface area contributed by atoms with Gasteiger partial charge in [0.15, 0.2) is 0 Å². The molecule has 0 radical (unpaired) electrons. The summed E-state index contributed by atoms with van der Waals surface area (Å²) in [7, 11) is 0. The van der Waals surface area contributed by atoms with E-state index >= 15 is 0 Å². The van der Waals surface area contributed by atoms with E-state index in [1.54, 1.807) is 0 Å². The summed E-state index contributed by atoms with van der Waals surface area (Å²) < 4.78 is 1.01. The Morgan fingerprint density at radius 3 is 2.44 bits per heavy atom. The van der Waals surface area contributed by atoms with Crippen LogP contribution in [0, 0.1) is 5.92 Å². The van der Waals surface area contributed by atoms with Crippen molar-refractivity contribution < 1.29 is 4.79 Å². The van der Waals surface area contributed by atoms with Crippen LogP contribution in [-0.2, 0) is 4.79 Å². The quantitative estimate of drug-likeness (QED) is 0.545. The molecule has 0 aliphatic carbocycles. The zero-order valence-electron chi connectivity index (χ0n) is 14.2. The smallest absolute Gasteiger partial charge is 0.258 e. The Kier molecular flexibility index (Phi) is 5.63. The van der Waals surface area contributed by atoms with E-state index in [4.69, 9.17) is 0 Å². The van der Waals surface area contributed by atoms with Crippen LogP contribution in [0.25, 0.3) is 0 Å². The number of benzene rings is 2. The normalized spacial score (nSPS) is 23.5. The molecular formula is C19H21BrN4O. The Balaban J connectivity index is 1.64. The highest BCUT2D eigenvalue weighted by atomic mass is 79.9. The van der Waals surface area contributed by atoms with Gasteiger partial charge in [0, 0.05) is 10.4 Å². The number of carbonyl (C=O) groups excluding carboxylic acids is 1. The molecule has 25 heavy (non-hydrogen) atoms.